The van der Waals surface area contributed by atoms with Crippen molar-refractivity contribution in [1.82, 2.24) is 0 Å². The molecule has 1 fully saturated rings. The van der Waals surface area contributed by atoms with E-state index in [0.29, 0.717) is 6.42 Å². The first kappa shape index (κ1) is 14.4. The van der Waals surface area contributed by atoms with Crippen molar-refractivity contribution in [2.75, 3.05) is 11.1 Å². The standard InChI is InChI=1S/C16H23NOS/c1-15(2,3)12-6-4-5-7-13(12)17-14(18)10-16(11-19)8-9-16/h4-7,19H,8-11H2,1-3H3,(H,17,18). The number of hydrogen-bond donors (Lipinski definition) is 2. The molecule has 1 aliphatic rings. The molecular weight excluding hydrogens is 254 g/mol. The van der Waals surface area contributed by atoms with Crippen molar-refractivity contribution in [2.45, 2.75) is 45.4 Å². The van der Waals surface area contributed by atoms with Crippen molar-refractivity contribution in [3.63, 3.8) is 0 Å². The van der Waals surface area contributed by atoms with Gasteiger partial charge in [0, 0.05) is 12.1 Å². The lowest BCUT2D eigenvalue weighted by molar-refractivity contribution is -0.117. The van der Waals surface area contributed by atoms with Gasteiger partial charge < -0.3 is 5.32 Å². The normalized spacial score (nSPS) is 17.1. The van der Waals surface area contributed by atoms with Crippen LogP contribution in [0.4, 0.5) is 5.69 Å². The van der Waals surface area contributed by atoms with E-state index in [0.717, 1.165) is 24.3 Å². The molecule has 0 bridgehead atoms. The highest BCUT2D eigenvalue weighted by atomic mass is 32.1. The Balaban J connectivity index is 2.09. The maximum Gasteiger partial charge on any atom is 0.224 e. The van der Waals surface area contributed by atoms with Crippen LogP contribution in [0.3, 0.4) is 0 Å². The van der Waals surface area contributed by atoms with E-state index >= 15 is 0 Å². The summed E-state index contributed by atoms with van der Waals surface area (Å²) in [5, 5.41) is 3.07. The lowest BCUT2D eigenvalue weighted by atomic mass is 9.86. The second kappa shape index (κ2) is 5.20. The van der Waals surface area contributed by atoms with Gasteiger partial charge in [-0.25, -0.2) is 0 Å². The SMILES string of the molecule is CC(C)(C)c1ccccc1NC(=O)CC1(CS)CC1. The van der Waals surface area contributed by atoms with Gasteiger partial charge in [-0.1, -0.05) is 39.0 Å². The topological polar surface area (TPSA) is 29.1 Å². The molecule has 3 heteroatoms. The second-order valence-electron chi connectivity index (χ2n) is 6.68. The molecule has 1 aromatic carbocycles. The number of carbonyl (C=O) groups excluding carboxylic acids is 1. The number of nitrogens with one attached hydrogen (secondary N) is 1. The molecule has 0 unspecified atom stereocenters. The van der Waals surface area contributed by atoms with Crippen LogP contribution in [0.5, 0.6) is 0 Å². The number of amides is 1. The Bertz CT molecular complexity index is 472. The Morgan fingerprint density at radius 3 is 2.47 bits per heavy atom. The molecule has 2 nitrogen and oxygen atoms in total. The maximum atomic E-state index is 12.2. The van der Waals surface area contributed by atoms with Gasteiger partial charge >= 0.3 is 0 Å². The van der Waals surface area contributed by atoms with Crippen LogP contribution in [0.15, 0.2) is 24.3 Å². The van der Waals surface area contributed by atoms with E-state index < -0.39 is 0 Å². The highest BCUT2D eigenvalue weighted by Crippen LogP contribution is 2.49. The molecule has 1 aliphatic carbocycles. The van der Waals surface area contributed by atoms with Gasteiger partial charge in [0.15, 0.2) is 0 Å². The molecule has 0 aromatic heterocycles. The second-order valence-corrected chi connectivity index (χ2v) is 6.99. The third-order valence-corrected chi connectivity index (χ3v) is 4.51. The molecule has 0 heterocycles. The monoisotopic (exact) mass is 277 g/mol. The predicted molar refractivity (Wildman–Crippen MR) is 83.9 cm³/mol. The van der Waals surface area contributed by atoms with Crippen molar-refractivity contribution in [3.8, 4) is 0 Å². The van der Waals surface area contributed by atoms with E-state index in [1.54, 1.807) is 0 Å². The molecule has 0 spiro atoms. The minimum absolute atomic E-state index is 0.0324. The predicted octanol–water partition coefficient (Wildman–Crippen LogP) is 4.02. The zero-order valence-corrected chi connectivity index (χ0v) is 12.9. The van der Waals surface area contributed by atoms with Crippen molar-refractivity contribution in [2.24, 2.45) is 5.41 Å². The number of para-hydroxylation sites is 1. The lowest BCUT2D eigenvalue weighted by Crippen LogP contribution is -2.21. The van der Waals surface area contributed by atoms with Crippen molar-refractivity contribution >= 4 is 24.2 Å². The summed E-state index contributed by atoms with van der Waals surface area (Å²) in [4.78, 5) is 12.2. The van der Waals surface area contributed by atoms with E-state index in [9.17, 15) is 4.79 Å². The van der Waals surface area contributed by atoms with Crippen LogP contribution in [0.2, 0.25) is 0 Å². The van der Waals surface area contributed by atoms with Gasteiger partial charge in [0.05, 0.1) is 0 Å². The largest absolute Gasteiger partial charge is 0.326 e. The summed E-state index contributed by atoms with van der Waals surface area (Å²) in [6, 6.07) is 8.06. The molecule has 0 radical (unpaired) electrons. The summed E-state index contributed by atoms with van der Waals surface area (Å²) in [5.41, 5.74) is 2.32. The third-order valence-electron chi connectivity index (χ3n) is 3.84. The molecule has 1 saturated carbocycles. The van der Waals surface area contributed by atoms with Gasteiger partial charge in [0.25, 0.3) is 0 Å². The van der Waals surface area contributed by atoms with Crippen LogP contribution in [0.25, 0.3) is 0 Å². The van der Waals surface area contributed by atoms with Crippen molar-refractivity contribution in [1.29, 1.82) is 0 Å². The summed E-state index contributed by atoms with van der Waals surface area (Å²) in [7, 11) is 0. The first-order valence-electron chi connectivity index (χ1n) is 6.87. The summed E-state index contributed by atoms with van der Waals surface area (Å²) in [6.45, 7) is 6.48. The molecule has 0 aliphatic heterocycles. The molecule has 0 saturated heterocycles. The fourth-order valence-corrected chi connectivity index (χ4v) is 2.78. The van der Waals surface area contributed by atoms with Gasteiger partial charge in [-0.2, -0.15) is 12.6 Å². The van der Waals surface area contributed by atoms with Gasteiger partial charge in [0.2, 0.25) is 5.91 Å². The quantitative estimate of drug-likeness (QED) is 0.800. The molecule has 2 rings (SSSR count). The number of carbonyl (C=O) groups is 1. The lowest BCUT2D eigenvalue weighted by Gasteiger charge is -2.23. The summed E-state index contributed by atoms with van der Waals surface area (Å²) >= 11 is 4.35. The minimum Gasteiger partial charge on any atom is -0.326 e. The molecule has 0 atom stereocenters. The molecule has 1 aromatic rings. The Morgan fingerprint density at radius 1 is 1.32 bits per heavy atom. The van der Waals surface area contributed by atoms with Gasteiger partial charge in [-0.15, -0.1) is 0 Å². The van der Waals surface area contributed by atoms with Crippen molar-refractivity contribution in [3.05, 3.63) is 29.8 Å². The van der Waals surface area contributed by atoms with E-state index in [1.165, 1.54) is 5.56 Å². The Morgan fingerprint density at radius 2 is 1.95 bits per heavy atom. The van der Waals surface area contributed by atoms with E-state index in [4.69, 9.17) is 0 Å². The molecule has 104 valence electrons. The van der Waals surface area contributed by atoms with E-state index in [1.807, 2.05) is 18.2 Å². The van der Waals surface area contributed by atoms with Crippen LogP contribution in [0, 0.1) is 5.41 Å². The van der Waals surface area contributed by atoms with Crippen LogP contribution >= 0.6 is 12.6 Å². The zero-order valence-electron chi connectivity index (χ0n) is 12.0. The Labute approximate surface area is 121 Å². The molecule has 19 heavy (non-hydrogen) atoms. The average molecular weight is 277 g/mol. The van der Waals surface area contributed by atoms with Gasteiger partial charge in [0.1, 0.15) is 0 Å². The first-order valence-corrected chi connectivity index (χ1v) is 7.50. The van der Waals surface area contributed by atoms with Crippen LogP contribution in [0.1, 0.15) is 45.6 Å². The summed E-state index contributed by atoms with van der Waals surface area (Å²) in [6.07, 6.45) is 2.85. The number of anilines is 1. The first-order chi connectivity index (χ1) is 8.86. The maximum absolute atomic E-state index is 12.2. The van der Waals surface area contributed by atoms with Crippen LogP contribution < -0.4 is 5.32 Å². The molecule has 1 amide bonds. The summed E-state index contributed by atoms with van der Waals surface area (Å²) in [5.74, 6) is 0.921. The van der Waals surface area contributed by atoms with Crippen LogP contribution in [-0.2, 0) is 10.2 Å². The number of benzene rings is 1. The number of rotatable bonds is 4. The highest BCUT2D eigenvalue weighted by molar-refractivity contribution is 7.80. The minimum atomic E-state index is 0.0324. The zero-order chi connectivity index (χ0) is 14.1. The van der Waals surface area contributed by atoms with Gasteiger partial charge in [-0.3, -0.25) is 4.79 Å². The van der Waals surface area contributed by atoms with Crippen molar-refractivity contribution < 1.29 is 4.79 Å². The van der Waals surface area contributed by atoms with E-state index in [-0.39, 0.29) is 16.7 Å². The molecule has 1 N–H and O–H groups in total. The smallest absolute Gasteiger partial charge is 0.224 e. The highest BCUT2D eigenvalue weighted by Gasteiger charge is 2.42. The fraction of sp³-hybridized carbons (Fsp3) is 0.562. The van der Waals surface area contributed by atoms with Crippen LogP contribution in [-0.4, -0.2) is 11.7 Å². The van der Waals surface area contributed by atoms with E-state index in [2.05, 4.69) is 44.8 Å². The fourth-order valence-electron chi connectivity index (χ4n) is 2.35. The Hall–Kier alpha value is -0.960. The third kappa shape index (κ3) is 3.53. The molecular formula is C16H23NOS. The Kier molecular flexibility index (Phi) is 3.95. The average Bonchev–Trinajstić information content (AvgIpc) is 3.08. The number of thiol groups is 1. The van der Waals surface area contributed by atoms with Gasteiger partial charge in [-0.05, 0) is 41.1 Å². The summed E-state index contributed by atoms with van der Waals surface area (Å²) < 4.78 is 0. The number of hydrogen-bond acceptors (Lipinski definition) is 2.